The zero-order valence-electron chi connectivity index (χ0n) is 22.7. The van der Waals surface area contributed by atoms with E-state index >= 15 is 4.39 Å². The number of halogens is 2. The number of allylic oxidation sites excluding steroid dienone is 1. The Bertz CT molecular complexity index is 1880. The van der Waals surface area contributed by atoms with Gasteiger partial charge in [-0.05, 0) is 61.8 Å². The molecule has 2 bridgehead atoms. The van der Waals surface area contributed by atoms with Crippen LogP contribution in [0.4, 0.5) is 20.4 Å². The topological polar surface area (TPSA) is 136 Å². The molecular formula is C30H25F2N9O2. The number of nitrogens with zero attached hydrogens (tertiary/aromatic N) is 7. The first-order valence-electron chi connectivity index (χ1n) is 13.9. The second-order valence-corrected chi connectivity index (χ2v) is 11.2. The standard InChI is InChI=1S/C30H25F2N9O2/c1-34-21(8-15-2-3-15)30(43)40-13-16-9-22(40)23(10-16)41-28-25(27(33)36-14-37-28)26(39-41)19-5-4-17(11-20(19)32)29(42)38-24-12-18(31)6-7-35-24/h4-8,11-12,14-16,22-23H,2-3,9-10,13H2,(H2,33,36,37)(H,35,38,42)/t16-,22-,23?/m1/s1. The molecule has 3 atom stereocenters. The van der Waals surface area contributed by atoms with Crippen molar-refractivity contribution in [1.29, 1.82) is 0 Å². The maximum Gasteiger partial charge on any atom is 0.256 e. The fourth-order valence-electron chi connectivity index (χ4n) is 6.20. The van der Waals surface area contributed by atoms with Gasteiger partial charge in [-0.3, -0.25) is 9.59 Å². The van der Waals surface area contributed by atoms with Crippen LogP contribution in [-0.2, 0) is 4.79 Å². The number of benzene rings is 1. The lowest BCUT2D eigenvalue weighted by Crippen LogP contribution is -2.43. The Hall–Kier alpha value is -5.25. The van der Waals surface area contributed by atoms with E-state index in [1.165, 1.54) is 24.7 Å². The first-order chi connectivity index (χ1) is 20.8. The van der Waals surface area contributed by atoms with Gasteiger partial charge in [-0.2, -0.15) is 5.10 Å². The van der Waals surface area contributed by atoms with Gasteiger partial charge in [0, 0.05) is 29.9 Å². The monoisotopic (exact) mass is 581 g/mol. The molecule has 3 N–H and O–H groups in total. The van der Waals surface area contributed by atoms with Gasteiger partial charge < -0.3 is 16.0 Å². The van der Waals surface area contributed by atoms with Crippen molar-refractivity contribution in [2.75, 3.05) is 17.6 Å². The zero-order valence-corrected chi connectivity index (χ0v) is 22.7. The predicted octanol–water partition coefficient (Wildman–Crippen LogP) is 4.38. The molecule has 4 heterocycles. The second kappa shape index (κ2) is 10.2. The molecule has 2 amide bonds. The number of rotatable bonds is 6. The summed E-state index contributed by atoms with van der Waals surface area (Å²) >= 11 is 0. The number of nitrogens with two attached hydrogens (primary N) is 1. The van der Waals surface area contributed by atoms with Gasteiger partial charge >= 0.3 is 0 Å². The smallest absolute Gasteiger partial charge is 0.256 e. The molecule has 2 aliphatic carbocycles. The number of amides is 2. The minimum atomic E-state index is -0.730. The largest absolute Gasteiger partial charge is 0.383 e. The van der Waals surface area contributed by atoms with Crippen LogP contribution in [0.3, 0.4) is 0 Å². The Morgan fingerprint density at radius 3 is 2.63 bits per heavy atom. The fraction of sp³-hybridized carbons (Fsp3) is 0.300. The number of anilines is 2. The molecule has 3 aromatic heterocycles. The van der Waals surface area contributed by atoms with E-state index in [2.05, 4.69) is 25.1 Å². The summed E-state index contributed by atoms with van der Waals surface area (Å²) in [4.78, 5) is 43.8. The molecule has 0 radical (unpaired) electrons. The van der Waals surface area contributed by atoms with Crippen molar-refractivity contribution in [3.05, 3.63) is 83.2 Å². The van der Waals surface area contributed by atoms with E-state index in [4.69, 9.17) is 17.4 Å². The summed E-state index contributed by atoms with van der Waals surface area (Å²) < 4.78 is 30.8. The van der Waals surface area contributed by atoms with Crippen molar-refractivity contribution in [3.63, 3.8) is 0 Å². The van der Waals surface area contributed by atoms with E-state index in [9.17, 15) is 14.0 Å². The number of nitrogens with one attached hydrogen (secondary N) is 1. The summed E-state index contributed by atoms with van der Waals surface area (Å²) in [5.41, 5.74) is 7.12. The molecule has 2 saturated carbocycles. The Morgan fingerprint density at radius 2 is 1.91 bits per heavy atom. The van der Waals surface area contributed by atoms with Crippen LogP contribution in [0, 0.1) is 30.0 Å². The first-order valence-corrected chi connectivity index (χ1v) is 13.9. The maximum absolute atomic E-state index is 15.6. The van der Waals surface area contributed by atoms with E-state index < -0.39 is 17.5 Å². The highest BCUT2D eigenvalue weighted by molar-refractivity contribution is 6.04. The van der Waals surface area contributed by atoms with E-state index in [0.29, 0.717) is 23.5 Å². The molecule has 1 aliphatic heterocycles. The van der Waals surface area contributed by atoms with Gasteiger partial charge in [0.1, 0.15) is 35.3 Å². The van der Waals surface area contributed by atoms with E-state index in [1.54, 1.807) is 15.7 Å². The number of carbonyl (C=O) groups is 2. The molecular weight excluding hydrogens is 556 g/mol. The van der Waals surface area contributed by atoms with Gasteiger partial charge in [-0.15, -0.1) is 0 Å². The SMILES string of the molecule is [C-]#[N+]C(=CC1CC1)C(=O)N1C[C@H]2CC(n3nc(-c4ccc(C(=O)Nc5cc(F)ccn5)cc4F)c4c(N)ncnc43)[C@H]1C2. The van der Waals surface area contributed by atoms with Crippen molar-refractivity contribution in [3.8, 4) is 11.3 Å². The Morgan fingerprint density at radius 1 is 1.09 bits per heavy atom. The van der Waals surface area contributed by atoms with Crippen LogP contribution in [-0.4, -0.2) is 54.0 Å². The van der Waals surface area contributed by atoms with Crippen molar-refractivity contribution in [2.24, 2.45) is 11.8 Å². The van der Waals surface area contributed by atoms with Crippen molar-refractivity contribution in [2.45, 2.75) is 37.8 Å². The fourth-order valence-corrected chi connectivity index (χ4v) is 6.20. The highest BCUT2D eigenvalue weighted by atomic mass is 19.1. The van der Waals surface area contributed by atoms with E-state index in [0.717, 1.165) is 43.9 Å². The number of carbonyl (C=O) groups excluding carboxylic acids is 2. The lowest BCUT2D eigenvalue weighted by atomic mass is 10.0. The quantitative estimate of drug-likeness (QED) is 0.255. The predicted molar refractivity (Wildman–Crippen MR) is 152 cm³/mol. The Labute approximate surface area is 244 Å². The summed E-state index contributed by atoms with van der Waals surface area (Å²) in [5.74, 6) is -1.59. The number of nitrogen functional groups attached to an aromatic ring is 1. The van der Waals surface area contributed by atoms with Crippen LogP contribution in [0.2, 0.25) is 0 Å². The normalized spacial score (nSPS) is 21.3. The Balaban J connectivity index is 1.22. The van der Waals surface area contributed by atoms with Crippen molar-refractivity contribution in [1.82, 2.24) is 29.6 Å². The minimum Gasteiger partial charge on any atom is -0.383 e. The average molecular weight is 582 g/mol. The number of hydrogen-bond acceptors (Lipinski definition) is 7. The summed E-state index contributed by atoms with van der Waals surface area (Å²) in [6.07, 6.45) is 7.81. The van der Waals surface area contributed by atoms with Crippen LogP contribution >= 0.6 is 0 Å². The van der Waals surface area contributed by atoms with Gasteiger partial charge in [-0.1, -0.05) is 6.08 Å². The molecule has 11 nitrogen and oxygen atoms in total. The summed E-state index contributed by atoms with van der Waals surface area (Å²) in [7, 11) is 0. The van der Waals surface area contributed by atoms with Gasteiger partial charge in [0.05, 0.1) is 24.0 Å². The maximum atomic E-state index is 15.6. The molecule has 1 unspecified atom stereocenters. The number of fused-ring (bicyclic) bond motifs is 3. The molecule has 3 aliphatic rings. The van der Waals surface area contributed by atoms with Crippen molar-refractivity contribution < 1.29 is 18.4 Å². The van der Waals surface area contributed by atoms with Crippen molar-refractivity contribution >= 4 is 34.5 Å². The lowest BCUT2D eigenvalue weighted by molar-refractivity contribution is -0.129. The number of pyridine rings is 1. The molecule has 43 heavy (non-hydrogen) atoms. The molecule has 216 valence electrons. The number of hydrogen-bond donors (Lipinski definition) is 2. The second-order valence-electron chi connectivity index (χ2n) is 11.2. The Kier molecular flexibility index (Phi) is 6.34. The molecule has 7 rings (SSSR count). The van der Waals surface area contributed by atoms with E-state index in [-0.39, 0.29) is 58.1 Å². The highest BCUT2D eigenvalue weighted by Gasteiger charge is 2.49. The average Bonchev–Trinajstić information content (AvgIpc) is 3.39. The first kappa shape index (κ1) is 26.6. The van der Waals surface area contributed by atoms with Crippen LogP contribution in [0.25, 0.3) is 27.1 Å². The summed E-state index contributed by atoms with van der Waals surface area (Å²) in [6, 6.07) is 5.64. The zero-order chi connectivity index (χ0) is 29.8. The number of likely N-dealkylation sites (tertiary alicyclic amines) is 1. The third-order valence-electron chi connectivity index (χ3n) is 8.35. The molecule has 13 heteroatoms. The van der Waals surface area contributed by atoms with Crippen LogP contribution in [0.1, 0.15) is 42.1 Å². The molecule has 0 spiro atoms. The summed E-state index contributed by atoms with van der Waals surface area (Å²) in [6.45, 7) is 8.14. The van der Waals surface area contributed by atoms with Crippen LogP contribution in [0.5, 0.6) is 0 Å². The number of aromatic nitrogens is 5. The molecule has 3 fully saturated rings. The third-order valence-corrected chi connectivity index (χ3v) is 8.35. The minimum absolute atomic E-state index is 0.00241. The van der Waals surface area contributed by atoms with Crippen LogP contribution < -0.4 is 11.1 Å². The van der Waals surface area contributed by atoms with E-state index in [1.807, 2.05) is 0 Å². The molecule has 4 aromatic rings. The van der Waals surface area contributed by atoms with Gasteiger partial charge in [0.15, 0.2) is 5.65 Å². The van der Waals surface area contributed by atoms with Gasteiger partial charge in [0.2, 0.25) is 5.70 Å². The third kappa shape index (κ3) is 4.74. The lowest BCUT2D eigenvalue weighted by Gasteiger charge is -2.33. The van der Waals surface area contributed by atoms with Gasteiger partial charge in [-0.25, -0.2) is 33.3 Å². The molecule has 1 aromatic carbocycles. The van der Waals surface area contributed by atoms with Crippen LogP contribution in [0.15, 0.2) is 54.6 Å². The van der Waals surface area contributed by atoms with Gasteiger partial charge in [0.25, 0.3) is 11.8 Å². The summed E-state index contributed by atoms with van der Waals surface area (Å²) in [5, 5.41) is 7.59. The number of piperidine rings is 1. The molecule has 1 saturated heterocycles. The highest BCUT2D eigenvalue weighted by Crippen LogP contribution is 2.47.